The molecule has 0 spiro atoms. The quantitative estimate of drug-likeness (QED) is 0.775. The van der Waals surface area contributed by atoms with E-state index >= 15 is 0 Å². The summed E-state index contributed by atoms with van der Waals surface area (Å²) in [6.45, 7) is 4.62. The number of rotatable bonds is 6. The van der Waals surface area contributed by atoms with Gasteiger partial charge in [-0.25, -0.2) is 4.39 Å². The van der Waals surface area contributed by atoms with E-state index in [0.29, 0.717) is 23.7 Å². The molecule has 6 heteroatoms. The monoisotopic (exact) mass is 390 g/mol. The van der Waals surface area contributed by atoms with E-state index in [4.69, 9.17) is 16.3 Å². The van der Waals surface area contributed by atoms with Crippen LogP contribution in [0.2, 0.25) is 5.02 Å². The van der Waals surface area contributed by atoms with Gasteiger partial charge in [-0.2, -0.15) is 0 Å². The molecule has 0 unspecified atom stereocenters. The molecule has 0 aliphatic carbocycles. The Kier molecular flexibility index (Phi) is 6.69. The Morgan fingerprint density at radius 2 is 1.93 bits per heavy atom. The summed E-state index contributed by atoms with van der Waals surface area (Å²) in [6, 6.07) is 12.2. The zero-order valence-electron chi connectivity index (χ0n) is 15.4. The molecule has 0 bridgehead atoms. The van der Waals surface area contributed by atoms with Gasteiger partial charge in [-0.1, -0.05) is 17.7 Å². The predicted molar refractivity (Wildman–Crippen MR) is 106 cm³/mol. The van der Waals surface area contributed by atoms with E-state index in [-0.39, 0.29) is 17.6 Å². The van der Waals surface area contributed by atoms with Crippen LogP contribution in [-0.2, 0) is 11.3 Å². The van der Waals surface area contributed by atoms with Crippen LogP contribution in [-0.4, -0.2) is 30.5 Å². The fourth-order valence-electron chi connectivity index (χ4n) is 3.29. The Bertz CT molecular complexity index is 774. The van der Waals surface area contributed by atoms with Crippen LogP contribution < -0.4 is 10.1 Å². The molecule has 1 N–H and O–H groups in total. The van der Waals surface area contributed by atoms with Crippen LogP contribution >= 0.6 is 11.6 Å². The average molecular weight is 391 g/mol. The number of anilines is 1. The molecule has 2 aromatic carbocycles. The third kappa shape index (κ3) is 5.44. The first-order chi connectivity index (χ1) is 13.0. The second-order valence-corrected chi connectivity index (χ2v) is 7.17. The smallest absolute Gasteiger partial charge is 0.227 e. The molecule has 1 saturated heterocycles. The molecule has 1 heterocycles. The minimum atomic E-state index is -0.280. The van der Waals surface area contributed by atoms with Crippen molar-refractivity contribution < 1.29 is 13.9 Å². The highest BCUT2D eigenvalue weighted by molar-refractivity contribution is 6.30. The van der Waals surface area contributed by atoms with Gasteiger partial charge in [0.25, 0.3) is 0 Å². The van der Waals surface area contributed by atoms with Crippen molar-refractivity contribution in [2.45, 2.75) is 26.3 Å². The topological polar surface area (TPSA) is 41.6 Å². The number of ether oxygens (including phenoxy) is 1. The number of halogens is 2. The first kappa shape index (κ1) is 19.6. The van der Waals surface area contributed by atoms with E-state index in [1.807, 2.05) is 31.2 Å². The number of carbonyl (C=O) groups is 1. The summed E-state index contributed by atoms with van der Waals surface area (Å²) in [7, 11) is 0. The van der Waals surface area contributed by atoms with Crippen LogP contribution in [0.4, 0.5) is 10.1 Å². The maximum absolute atomic E-state index is 13.9. The molecule has 144 valence electrons. The number of likely N-dealkylation sites (tertiary alicyclic amines) is 1. The van der Waals surface area contributed by atoms with Gasteiger partial charge in [0.1, 0.15) is 11.6 Å². The highest BCUT2D eigenvalue weighted by atomic mass is 35.5. The number of carbonyl (C=O) groups excluding carboxylic acids is 1. The second kappa shape index (κ2) is 9.20. The van der Waals surface area contributed by atoms with Gasteiger partial charge >= 0.3 is 0 Å². The van der Waals surface area contributed by atoms with Crippen LogP contribution in [0, 0.1) is 11.7 Å². The molecule has 1 aliphatic rings. The molecule has 0 saturated carbocycles. The molecule has 3 rings (SSSR count). The van der Waals surface area contributed by atoms with Crippen molar-refractivity contribution in [2.75, 3.05) is 25.0 Å². The standard InChI is InChI=1S/C21H24ClFN2O2/c1-2-27-19-7-5-18(6-8-19)24-21(26)15-9-11-25(12-10-15)14-16-3-4-17(22)13-20(16)23/h3-8,13,15H,2,9-12,14H2,1H3,(H,24,26). The van der Waals surface area contributed by atoms with Gasteiger partial charge in [0.05, 0.1) is 6.61 Å². The fraction of sp³-hybridized carbons (Fsp3) is 0.381. The van der Waals surface area contributed by atoms with E-state index < -0.39 is 0 Å². The van der Waals surface area contributed by atoms with Crippen molar-refractivity contribution >= 4 is 23.2 Å². The molecule has 27 heavy (non-hydrogen) atoms. The minimum Gasteiger partial charge on any atom is -0.494 e. The van der Waals surface area contributed by atoms with E-state index in [9.17, 15) is 9.18 Å². The number of hydrogen-bond acceptors (Lipinski definition) is 3. The molecule has 1 fully saturated rings. The summed E-state index contributed by atoms with van der Waals surface area (Å²) in [5.41, 5.74) is 1.41. The molecule has 1 aliphatic heterocycles. The van der Waals surface area contributed by atoms with Crippen molar-refractivity contribution in [3.8, 4) is 5.75 Å². The van der Waals surface area contributed by atoms with Crippen molar-refractivity contribution in [1.82, 2.24) is 4.90 Å². The average Bonchev–Trinajstić information content (AvgIpc) is 2.66. The zero-order chi connectivity index (χ0) is 19.2. The number of amides is 1. The van der Waals surface area contributed by atoms with Crippen LogP contribution in [0.25, 0.3) is 0 Å². The Balaban J connectivity index is 1.48. The third-order valence-electron chi connectivity index (χ3n) is 4.80. The number of nitrogens with one attached hydrogen (secondary N) is 1. The molecular formula is C21H24ClFN2O2. The normalized spacial score (nSPS) is 15.5. The lowest BCUT2D eigenvalue weighted by atomic mass is 9.95. The predicted octanol–water partition coefficient (Wildman–Crippen LogP) is 4.73. The molecule has 0 aromatic heterocycles. The van der Waals surface area contributed by atoms with Gasteiger partial charge in [-0.3, -0.25) is 9.69 Å². The van der Waals surface area contributed by atoms with Gasteiger partial charge in [0, 0.05) is 28.7 Å². The van der Waals surface area contributed by atoms with E-state index in [1.54, 1.807) is 12.1 Å². The van der Waals surface area contributed by atoms with Crippen LogP contribution in [0.1, 0.15) is 25.3 Å². The molecular weight excluding hydrogens is 367 g/mol. The molecule has 4 nitrogen and oxygen atoms in total. The van der Waals surface area contributed by atoms with E-state index in [1.165, 1.54) is 6.07 Å². The van der Waals surface area contributed by atoms with Crippen molar-refractivity contribution in [1.29, 1.82) is 0 Å². The van der Waals surface area contributed by atoms with Gasteiger partial charge in [-0.15, -0.1) is 0 Å². The Morgan fingerprint density at radius 1 is 1.22 bits per heavy atom. The van der Waals surface area contributed by atoms with Crippen LogP contribution in [0.5, 0.6) is 5.75 Å². The third-order valence-corrected chi connectivity index (χ3v) is 5.04. The zero-order valence-corrected chi connectivity index (χ0v) is 16.1. The number of hydrogen-bond donors (Lipinski definition) is 1. The minimum absolute atomic E-state index is 0.0251. The van der Waals surface area contributed by atoms with Crippen molar-refractivity contribution in [3.05, 3.63) is 58.9 Å². The fourth-order valence-corrected chi connectivity index (χ4v) is 3.45. The first-order valence-electron chi connectivity index (χ1n) is 9.25. The van der Waals surface area contributed by atoms with E-state index in [0.717, 1.165) is 37.4 Å². The summed E-state index contributed by atoms with van der Waals surface area (Å²) >= 11 is 5.80. The summed E-state index contributed by atoms with van der Waals surface area (Å²) in [5.74, 6) is 0.524. The molecule has 0 radical (unpaired) electrons. The largest absolute Gasteiger partial charge is 0.494 e. The van der Waals surface area contributed by atoms with Gasteiger partial charge in [0.15, 0.2) is 0 Å². The van der Waals surface area contributed by atoms with Crippen LogP contribution in [0.3, 0.4) is 0 Å². The molecule has 1 amide bonds. The number of piperidine rings is 1. The van der Waals surface area contributed by atoms with Gasteiger partial charge < -0.3 is 10.1 Å². The Hall–Kier alpha value is -2.11. The van der Waals surface area contributed by atoms with Crippen molar-refractivity contribution in [2.24, 2.45) is 5.92 Å². The SMILES string of the molecule is CCOc1ccc(NC(=O)C2CCN(Cc3ccc(Cl)cc3F)CC2)cc1. The molecule has 2 aromatic rings. The second-order valence-electron chi connectivity index (χ2n) is 6.73. The maximum atomic E-state index is 13.9. The van der Waals surface area contributed by atoms with Crippen molar-refractivity contribution in [3.63, 3.8) is 0 Å². The molecule has 0 atom stereocenters. The number of benzene rings is 2. The first-order valence-corrected chi connectivity index (χ1v) is 9.63. The Labute approximate surface area is 164 Å². The lowest BCUT2D eigenvalue weighted by molar-refractivity contribution is -0.121. The maximum Gasteiger partial charge on any atom is 0.227 e. The summed E-state index contributed by atoms with van der Waals surface area (Å²) in [5, 5.41) is 3.38. The highest BCUT2D eigenvalue weighted by Crippen LogP contribution is 2.23. The summed E-state index contributed by atoms with van der Waals surface area (Å²) in [4.78, 5) is 14.7. The summed E-state index contributed by atoms with van der Waals surface area (Å²) in [6.07, 6.45) is 1.52. The van der Waals surface area contributed by atoms with E-state index in [2.05, 4.69) is 10.2 Å². The van der Waals surface area contributed by atoms with Gasteiger partial charge in [-0.05, 0) is 69.3 Å². The number of nitrogens with zero attached hydrogens (tertiary/aromatic N) is 1. The highest BCUT2D eigenvalue weighted by Gasteiger charge is 2.25. The Morgan fingerprint density at radius 3 is 2.56 bits per heavy atom. The summed E-state index contributed by atoms with van der Waals surface area (Å²) < 4.78 is 19.4. The van der Waals surface area contributed by atoms with Crippen LogP contribution in [0.15, 0.2) is 42.5 Å². The van der Waals surface area contributed by atoms with Gasteiger partial charge in [0.2, 0.25) is 5.91 Å². The lowest BCUT2D eigenvalue weighted by Gasteiger charge is -2.31. The lowest BCUT2D eigenvalue weighted by Crippen LogP contribution is -2.37.